The molecule has 1 aromatic rings. The molecule has 0 saturated carbocycles. The van der Waals surface area contributed by atoms with Crippen LogP contribution >= 0.6 is 0 Å². The molecule has 4 nitrogen and oxygen atoms in total. The van der Waals surface area contributed by atoms with Gasteiger partial charge in [0.25, 0.3) is 0 Å². The summed E-state index contributed by atoms with van der Waals surface area (Å²) in [6.45, 7) is 13.2. The highest BCUT2D eigenvalue weighted by Crippen LogP contribution is 2.27. The van der Waals surface area contributed by atoms with E-state index in [1.165, 1.54) is 5.56 Å². The minimum absolute atomic E-state index is 0.0879. The van der Waals surface area contributed by atoms with E-state index < -0.39 is 5.60 Å². The molecule has 1 fully saturated rings. The van der Waals surface area contributed by atoms with Gasteiger partial charge in [0, 0.05) is 6.54 Å². The number of rotatable bonds is 3. The molecule has 1 amide bonds. The van der Waals surface area contributed by atoms with Gasteiger partial charge < -0.3 is 14.4 Å². The van der Waals surface area contributed by atoms with Crippen LogP contribution in [0.15, 0.2) is 12.1 Å². The van der Waals surface area contributed by atoms with Crippen LogP contribution in [0.3, 0.4) is 0 Å². The second-order valence-corrected chi connectivity index (χ2v) is 7.51. The van der Waals surface area contributed by atoms with Crippen LogP contribution in [0.25, 0.3) is 0 Å². The monoisotopic (exact) mass is 319 g/mol. The van der Waals surface area contributed by atoms with E-state index >= 15 is 0 Å². The number of hydrogen-bond acceptors (Lipinski definition) is 3. The van der Waals surface area contributed by atoms with Gasteiger partial charge in [0.1, 0.15) is 18.0 Å². The third-order valence-electron chi connectivity index (χ3n) is 4.03. The predicted octanol–water partition coefficient (Wildman–Crippen LogP) is 4.39. The fourth-order valence-corrected chi connectivity index (χ4v) is 3.14. The molecule has 0 radical (unpaired) electrons. The number of likely N-dealkylation sites (tertiary alicyclic amines) is 1. The smallest absolute Gasteiger partial charge is 0.410 e. The molecule has 0 unspecified atom stereocenters. The summed E-state index contributed by atoms with van der Waals surface area (Å²) in [5.74, 6) is 0.937. The summed E-state index contributed by atoms with van der Waals surface area (Å²) in [7, 11) is 0. The maximum atomic E-state index is 12.3. The van der Waals surface area contributed by atoms with E-state index in [0.717, 1.165) is 36.3 Å². The number of ether oxygens (including phenoxy) is 2. The largest absolute Gasteiger partial charge is 0.491 e. The van der Waals surface area contributed by atoms with E-state index in [-0.39, 0.29) is 12.1 Å². The van der Waals surface area contributed by atoms with Crippen molar-refractivity contribution in [2.24, 2.45) is 0 Å². The Morgan fingerprint density at radius 1 is 1.22 bits per heavy atom. The first-order chi connectivity index (χ1) is 10.7. The lowest BCUT2D eigenvalue weighted by Crippen LogP contribution is -2.42. The fraction of sp³-hybridized carbons (Fsp3) is 0.632. The van der Waals surface area contributed by atoms with E-state index in [9.17, 15) is 4.79 Å². The molecule has 1 aliphatic rings. The standard InChI is InChI=1S/C19H29NO3/c1-13-10-14(2)17(15(3)11-13)22-12-16-8-7-9-20(16)18(21)23-19(4,5)6/h10-11,16H,7-9,12H2,1-6H3/t16-/m0/s1. The Morgan fingerprint density at radius 2 is 1.83 bits per heavy atom. The van der Waals surface area contributed by atoms with E-state index in [1.807, 2.05) is 25.7 Å². The Bertz CT molecular complexity index is 551. The van der Waals surface area contributed by atoms with Crippen LogP contribution in [0.2, 0.25) is 0 Å². The normalized spacial score (nSPS) is 18.2. The number of nitrogens with zero attached hydrogens (tertiary/aromatic N) is 1. The Labute approximate surface area is 139 Å². The van der Waals surface area contributed by atoms with Crippen molar-refractivity contribution in [2.75, 3.05) is 13.2 Å². The van der Waals surface area contributed by atoms with Crippen LogP contribution in [-0.2, 0) is 4.74 Å². The van der Waals surface area contributed by atoms with Crippen molar-refractivity contribution in [3.05, 3.63) is 28.8 Å². The van der Waals surface area contributed by atoms with E-state index in [1.54, 1.807) is 0 Å². The highest BCUT2D eigenvalue weighted by atomic mass is 16.6. The van der Waals surface area contributed by atoms with Gasteiger partial charge >= 0.3 is 6.09 Å². The zero-order chi connectivity index (χ0) is 17.2. The highest BCUT2D eigenvalue weighted by Gasteiger charge is 2.32. The maximum Gasteiger partial charge on any atom is 0.410 e. The molecule has 1 atom stereocenters. The number of aryl methyl sites for hydroxylation is 3. The van der Waals surface area contributed by atoms with Gasteiger partial charge in [-0.1, -0.05) is 17.7 Å². The Morgan fingerprint density at radius 3 is 2.39 bits per heavy atom. The van der Waals surface area contributed by atoms with Gasteiger partial charge in [0.2, 0.25) is 0 Å². The highest BCUT2D eigenvalue weighted by molar-refractivity contribution is 5.69. The lowest BCUT2D eigenvalue weighted by molar-refractivity contribution is 0.0187. The van der Waals surface area contributed by atoms with Crippen LogP contribution in [0.4, 0.5) is 4.79 Å². The summed E-state index contributed by atoms with van der Waals surface area (Å²) in [6.07, 6.45) is 1.73. The lowest BCUT2D eigenvalue weighted by atomic mass is 10.1. The zero-order valence-electron chi connectivity index (χ0n) is 15.2. The first kappa shape index (κ1) is 17.6. The molecule has 1 heterocycles. The number of hydrogen-bond donors (Lipinski definition) is 0. The first-order valence-electron chi connectivity index (χ1n) is 8.37. The summed E-state index contributed by atoms with van der Waals surface area (Å²) in [4.78, 5) is 14.1. The molecule has 1 saturated heterocycles. The minimum atomic E-state index is -0.463. The summed E-state index contributed by atoms with van der Waals surface area (Å²) in [5.41, 5.74) is 3.06. The van der Waals surface area contributed by atoms with Gasteiger partial charge in [-0.2, -0.15) is 0 Å². The molecular formula is C19H29NO3. The third-order valence-corrected chi connectivity index (χ3v) is 4.03. The van der Waals surface area contributed by atoms with Crippen LogP contribution < -0.4 is 4.74 Å². The molecule has 0 spiro atoms. The van der Waals surface area contributed by atoms with Gasteiger partial charge in [-0.05, 0) is 65.5 Å². The number of benzene rings is 1. The molecule has 2 rings (SSSR count). The van der Waals surface area contributed by atoms with Crippen molar-refractivity contribution in [3.63, 3.8) is 0 Å². The Hall–Kier alpha value is -1.71. The summed E-state index contributed by atoms with van der Waals surface area (Å²) in [5, 5.41) is 0. The van der Waals surface area contributed by atoms with Crippen molar-refractivity contribution in [1.82, 2.24) is 4.90 Å². The average molecular weight is 319 g/mol. The number of amides is 1. The van der Waals surface area contributed by atoms with Gasteiger partial charge in [0.05, 0.1) is 6.04 Å². The summed E-state index contributed by atoms with van der Waals surface area (Å²) >= 11 is 0. The van der Waals surface area contributed by atoms with Crippen molar-refractivity contribution in [3.8, 4) is 5.75 Å². The molecular weight excluding hydrogens is 290 g/mol. The predicted molar refractivity (Wildman–Crippen MR) is 92.1 cm³/mol. The van der Waals surface area contributed by atoms with Crippen molar-refractivity contribution in [1.29, 1.82) is 0 Å². The third kappa shape index (κ3) is 4.63. The van der Waals surface area contributed by atoms with Gasteiger partial charge in [-0.3, -0.25) is 0 Å². The lowest BCUT2D eigenvalue weighted by Gasteiger charge is -2.28. The summed E-state index contributed by atoms with van der Waals surface area (Å²) < 4.78 is 11.6. The number of carbonyl (C=O) groups excluding carboxylic acids is 1. The van der Waals surface area contributed by atoms with E-state index in [4.69, 9.17) is 9.47 Å². The molecule has 1 aromatic carbocycles. The van der Waals surface area contributed by atoms with Crippen molar-refractivity contribution < 1.29 is 14.3 Å². The van der Waals surface area contributed by atoms with Crippen LogP contribution in [0.1, 0.15) is 50.3 Å². The van der Waals surface area contributed by atoms with E-state index in [2.05, 4.69) is 32.9 Å². The SMILES string of the molecule is Cc1cc(C)c(OC[C@@H]2CCCN2C(=O)OC(C)(C)C)c(C)c1. The van der Waals surface area contributed by atoms with Crippen LogP contribution in [0.5, 0.6) is 5.75 Å². The average Bonchev–Trinajstić information content (AvgIpc) is 2.83. The molecule has 0 N–H and O–H groups in total. The van der Waals surface area contributed by atoms with Gasteiger partial charge in [-0.15, -0.1) is 0 Å². The second kappa shape index (κ2) is 6.81. The molecule has 23 heavy (non-hydrogen) atoms. The second-order valence-electron chi connectivity index (χ2n) is 7.51. The zero-order valence-corrected chi connectivity index (χ0v) is 15.2. The van der Waals surface area contributed by atoms with Crippen molar-refractivity contribution in [2.45, 2.75) is 66.0 Å². The Balaban J connectivity index is 2.01. The van der Waals surface area contributed by atoms with E-state index in [0.29, 0.717) is 6.61 Å². The van der Waals surface area contributed by atoms with Crippen molar-refractivity contribution >= 4 is 6.09 Å². The van der Waals surface area contributed by atoms with Gasteiger partial charge in [-0.25, -0.2) is 4.79 Å². The molecule has 4 heteroatoms. The van der Waals surface area contributed by atoms with Crippen LogP contribution in [0, 0.1) is 20.8 Å². The molecule has 0 aliphatic carbocycles. The topological polar surface area (TPSA) is 38.8 Å². The molecule has 1 aliphatic heterocycles. The quantitative estimate of drug-likeness (QED) is 0.829. The maximum absolute atomic E-state index is 12.3. The fourth-order valence-electron chi connectivity index (χ4n) is 3.14. The molecule has 128 valence electrons. The molecule has 0 bridgehead atoms. The Kier molecular flexibility index (Phi) is 5.23. The number of carbonyl (C=O) groups is 1. The van der Waals surface area contributed by atoms with Gasteiger partial charge in [0.15, 0.2) is 0 Å². The van der Waals surface area contributed by atoms with Crippen LogP contribution in [-0.4, -0.2) is 35.8 Å². The minimum Gasteiger partial charge on any atom is -0.491 e. The summed E-state index contributed by atoms with van der Waals surface area (Å²) in [6, 6.07) is 4.34. The molecule has 0 aromatic heterocycles. The first-order valence-corrected chi connectivity index (χ1v) is 8.37.